The standard InChI is InChI=1S/C20H16F6O4/c21-19(22,23)17-5-11(27-7-13-9-29-13)1-3-15(17)16-4-2-12(28-8-14-10-30-14)6-18(16)20(24,25)26/h1-6,13-14H,7-10H2. The summed E-state index contributed by atoms with van der Waals surface area (Å²) in [5, 5.41) is 0. The monoisotopic (exact) mass is 434 g/mol. The molecule has 2 aromatic rings. The van der Waals surface area contributed by atoms with E-state index >= 15 is 0 Å². The zero-order valence-corrected chi connectivity index (χ0v) is 15.3. The van der Waals surface area contributed by atoms with Crippen LogP contribution in [0.25, 0.3) is 11.1 Å². The summed E-state index contributed by atoms with van der Waals surface area (Å²) in [5.74, 6) is -0.195. The molecule has 2 heterocycles. The number of halogens is 6. The van der Waals surface area contributed by atoms with E-state index in [9.17, 15) is 26.3 Å². The highest BCUT2D eigenvalue weighted by molar-refractivity contribution is 5.73. The molecule has 0 spiro atoms. The van der Waals surface area contributed by atoms with Crippen LogP contribution in [-0.4, -0.2) is 38.6 Å². The number of hydrogen-bond acceptors (Lipinski definition) is 4. The maximum Gasteiger partial charge on any atom is 0.417 e. The lowest BCUT2D eigenvalue weighted by Crippen LogP contribution is -2.13. The molecule has 2 atom stereocenters. The van der Waals surface area contributed by atoms with Crippen LogP contribution in [0.5, 0.6) is 11.5 Å². The van der Waals surface area contributed by atoms with Gasteiger partial charge >= 0.3 is 12.4 Å². The maximum atomic E-state index is 13.6. The number of ether oxygens (including phenoxy) is 4. The van der Waals surface area contributed by atoms with Crippen molar-refractivity contribution in [1.82, 2.24) is 0 Å². The number of alkyl halides is 6. The van der Waals surface area contributed by atoms with Gasteiger partial charge in [-0.3, -0.25) is 0 Å². The van der Waals surface area contributed by atoms with E-state index in [-0.39, 0.29) is 36.9 Å². The Morgan fingerprint density at radius 3 is 1.37 bits per heavy atom. The number of hydrogen-bond donors (Lipinski definition) is 0. The Morgan fingerprint density at radius 2 is 1.07 bits per heavy atom. The highest BCUT2D eigenvalue weighted by Gasteiger charge is 2.39. The normalized spacial score (nSPS) is 20.7. The van der Waals surface area contributed by atoms with Crippen LogP contribution in [0.15, 0.2) is 36.4 Å². The Morgan fingerprint density at radius 1 is 0.700 bits per heavy atom. The Bertz CT molecular complexity index is 841. The molecule has 0 saturated carbocycles. The average molecular weight is 434 g/mol. The van der Waals surface area contributed by atoms with Gasteiger partial charge in [-0.1, -0.05) is 12.1 Å². The van der Waals surface area contributed by atoms with Crippen molar-refractivity contribution < 1.29 is 45.3 Å². The summed E-state index contributed by atoms with van der Waals surface area (Å²) in [6, 6.07) is 5.79. The highest BCUT2D eigenvalue weighted by Crippen LogP contribution is 2.45. The van der Waals surface area contributed by atoms with Gasteiger partial charge in [0.2, 0.25) is 0 Å². The third-order valence-electron chi connectivity index (χ3n) is 4.56. The van der Waals surface area contributed by atoms with Gasteiger partial charge < -0.3 is 18.9 Å². The van der Waals surface area contributed by atoms with Gasteiger partial charge in [0.1, 0.15) is 36.9 Å². The molecule has 0 aromatic heterocycles. The predicted octanol–water partition coefficient (Wildman–Crippen LogP) is 4.95. The topological polar surface area (TPSA) is 43.5 Å². The second-order valence-electron chi connectivity index (χ2n) is 6.94. The van der Waals surface area contributed by atoms with E-state index in [0.29, 0.717) is 25.3 Å². The zero-order chi connectivity index (χ0) is 21.5. The first-order valence-corrected chi connectivity index (χ1v) is 9.03. The van der Waals surface area contributed by atoms with Gasteiger partial charge in [0.25, 0.3) is 0 Å². The average Bonchev–Trinajstić information content (AvgIpc) is 3.58. The molecule has 0 radical (unpaired) electrons. The van der Waals surface area contributed by atoms with Crippen molar-refractivity contribution in [2.45, 2.75) is 24.6 Å². The number of benzene rings is 2. The van der Waals surface area contributed by atoms with Crippen LogP contribution in [0.2, 0.25) is 0 Å². The summed E-state index contributed by atoms with van der Waals surface area (Å²) in [4.78, 5) is 0. The van der Waals surface area contributed by atoms with Gasteiger partial charge in [-0.15, -0.1) is 0 Å². The Hall–Kier alpha value is -2.46. The lowest BCUT2D eigenvalue weighted by Gasteiger charge is -2.19. The maximum absolute atomic E-state index is 13.6. The molecule has 0 amide bonds. The summed E-state index contributed by atoms with van der Waals surface area (Å²) in [5.41, 5.74) is -3.63. The molecule has 162 valence electrons. The van der Waals surface area contributed by atoms with Crippen molar-refractivity contribution in [2.75, 3.05) is 26.4 Å². The van der Waals surface area contributed by atoms with Crippen LogP contribution >= 0.6 is 0 Å². The molecule has 2 aliphatic rings. The van der Waals surface area contributed by atoms with E-state index < -0.39 is 34.6 Å². The first kappa shape index (κ1) is 20.8. The van der Waals surface area contributed by atoms with E-state index in [4.69, 9.17) is 18.9 Å². The first-order chi connectivity index (χ1) is 14.1. The summed E-state index contributed by atoms with van der Waals surface area (Å²) >= 11 is 0. The van der Waals surface area contributed by atoms with Gasteiger partial charge in [0.15, 0.2) is 0 Å². The van der Waals surface area contributed by atoms with E-state index in [1.54, 1.807) is 0 Å². The fourth-order valence-corrected chi connectivity index (χ4v) is 2.87. The van der Waals surface area contributed by atoms with Crippen molar-refractivity contribution in [1.29, 1.82) is 0 Å². The summed E-state index contributed by atoms with van der Waals surface area (Å²) < 4.78 is 102. The van der Waals surface area contributed by atoms with Crippen molar-refractivity contribution in [3.8, 4) is 22.6 Å². The molecule has 0 aliphatic carbocycles. The third-order valence-corrected chi connectivity index (χ3v) is 4.56. The molecular formula is C20H16F6O4. The molecule has 10 heteroatoms. The van der Waals surface area contributed by atoms with E-state index in [0.717, 1.165) is 12.1 Å². The van der Waals surface area contributed by atoms with Gasteiger partial charge in [0.05, 0.1) is 24.3 Å². The zero-order valence-electron chi connectivity index (χ0n) is 15.3. The fourth-order valence-electron chi connectivity index (χ4n) is 2.87. The third kappa shape index (κ3) is 4.99. The molecule has 2 aromatic carbocycles. The number of epoxide rings is 2. The van der Waals surface area contributed by atoms with Crippen LogP contribution < -0.4 is 9.47 Å². The van der Waals surface area contributed by atoms with Crippen LogP contribution in [0.1, 0.15) is 11.1 Å². The van der Waals surface area contributed by atoms with Crippen LogP contribution in [-0.2, 0) is 21.8 Å². The Balaban J connectivity index is 1.71. The quantitative estimate of drug-likeness (QED) is 0.457. The fraction of sp³-hybridized carbons (Fsp3) is 0.400. The van der Waals surface area contributed by atoms with E-state index in [1.807, 2.05) is 0 Å². The molecule has 0 N–H and O–H groups in total. The molecule has 2 unspecified atom stereocenters. The van der Waals surface area contributed by atoms with Crippen LogP contribution in [0.3, 0.4) is 0 Å². The largest absolute Gasteiger partial charge is 0.491 e. The minimum Gasteiger partial charge on any atom is -0.491 e. The molecule has 2 saturated heterocycles. The Labute approximate surface area is 167 Å². The van der Waals surface area contributed by atoms with Crippen LogP contribution in [0, 0.1) is 0 Å². The molecule has 4 nitrogen and oxygen atoms in total. The van der Waals surface area contributed by atoms with Crippen molar-refractivity contribution >= 4 is 0 Å². The predicted molar refractivity (Wildman–Crippen MR) is 92.4 cm³/mol. The Kier molecular flexibility index (Phi) is 5.31. The minimum atomic E-state index is -4.88. The van der Waals surface area contributed by atoms with Crippen molar-refractivity contribution in [3.05, 3.63) is 47.5 Å². The molecule has 4 rings (SSSR count). The van der Waals surface area contributed by atoms with Crippen LogP contribution in [0.4, 0.5) is 26.3 Å². The molecule has 2 fully saturated rings. The molecule has 30 heavy (non-hydrogen) atoms. The molecule has 2 aliphatic heterocycles. The highest BCUT2D eigenvalue weighted by atomic mass is 19.4. The van der Waals surface area contributed by atoms with Gasteiger partial charge in [-0.2, -0.15) is 26.3 Å². The lowest BCUT2D eigenvalue weighted by atomic mass is 9.94. The van der Waals surface area contributed by atoms with Crippen molar-refractivity contribution in [3.63, 3.8) is 0 Å². The first-order valence-electron chi connectivity index (χ1n) is 9.03. The summed E-state index contributed by atoms with van der Waals surface area (Å²) in [7, 11) is 0. The van der Waals surface area contributed by atoms with Gasteiger partial charge in [-0.05, 0) is 35.4 Å². The summed E-state index contributed by atoms with van der Waals surface area (Å²) in [6.45, 7) is 1.06. The van der Waals surface area contributed by atoms with E-state index in [2.05, 4.69) is 0 Å². The molecule has 0 bridgehead atoms. The van der Waals surface area contributed by atoms with Gasteiger partial charge in [0, 0.05) is 0 Å². The summed E-state index contributed by atoms with van der Waals surface area (Å²) in [6.07, 6.45) is -10.1. The van der Waals surface area contributed by atoms with Crippen molar-refractivity contribution in [2.24, 2.45) is 0 Å². The van der Waals surface area contributed by atoms with E-state index in [1.165, 1.54) is 12.1 Å². The molecular weight excluding hydrogens is 418 g/mol. The second kappa shape index (κ2) is 7.66. The smallest absolute Gasteiger partial charge is 0.417 e. The van der Waals surface area contributed by atoms with Gasteiger partial charge in [-0.25, -0.2) is 0 Å². The number of rotatable bonds is 7. The lowest BCUT2D eigenvalue weighted by molar-refractivity contribution is -0.139. The second-order valence-corrected chi connectivity index (χ2v) is 6.94. The minimum absolute atomic E-state index is 0.0706. The SMILES string of the molecule is FC(F)(F)c1cc(OCC2CO2)ccc1-c1ccc(OCC2CO2)cc1C(F)(F)F.